The van der Waals surface area contributed by atoms with Crippen LogP contribution in [0.2, 0.25) is 5.02 Å². The average Bonchev–Trinajstić information content (AvgIpc) is 3.04. The van der Waals surface area contributed by atoms with Crippen molar-refractivity contribution in [3.63, 3.8) is 0 Å². The quantitative estimate of drug-likeness (QED) is 0.385. The number of aliphatic hydroxyl groups is 1. The van der Waals surface area contributed by atoms with Gasteiger partial charge in [-0.1, -0.05) is 29.8 Å². The number of carbonyl (C=O) groups is 2. The van der Waals surface area contributed by atoms with Crippen LogP contribution in [0, 0.1) is 0 Å². The molecule has 0 aliphatic carbocycles. The number of amides is 1. The van der Waals surface area contributed by atoms with E-state index in [-0.39, 0.29) is 11.3 Å². The Morgan fingerprint density at radius 2 is 1.83 bits per heavy atom. The zero-order valence-corrected chi connectivity index (χ0v) is 16.7. The maximum Gasteiger partial charge on any atom is 0.301 e. The fourth-order valence-corrected chi connectivity index (χ4v) is 3.66. The van der Waals surface area contributed by atoms with Gasteiger partial charge in [0.15, 0.2) is 0 Å². The van der Waals surface area contributed by atoms with Gasteiger partial charge < -0.3 is 9.84 Å². The third-order valence-electron chi connectivity index (χ3n) is 4.87. The summed E-state index contributed by atoms with van der Waals surface area (Å²) in [5.74, 6) is -0.933. The third-order valence-corrected chi connectivity index (χ3v) is 5.10. The smallest absolute Gasteiger partial charge is 0.301 e. The molecule has 2 aromatic carbocycles. The van der Waals surface area contributed by atoms with Crippen LogP contribution in [-0.2, 0) is 9.59 Å². The summed E-state index contributed by atoms with van der Waals surface area (Å²) >= 11 is 6.17. The van der Waals surface area contributed by atoms with E-state index in [9.17, 15) is 14.7 Å². The van der Waals surface area contributed by atoms with Gasteiger partial charge in [-0.2, -0.15) is 0 Å². The van der Waals surface area contributed by atoms with Crippen LogP contribution in [-0.4, -0.2) is 28.9 Å². The van der Waals surface area contributed by atoms with Gasteiger partial charge in [0, 0.05) is 16.8 Å². The van der Waals surface area contributed by atoms with Crippen molar-refractivity contribution in [1.82, 2.24) is 4.98 Å². The molecule has 0 bridgehead atoms. The van der Waals surface area contributed by atoms with Gasteiger partial charge in [-0.05, 0) is 54.1 Å². The molecule has 1 unspecified atom stereocenters. The number of nitrogens with zero attached hydrogens (tertiary/aromatic N) is 2. The number of ether oxygens (including phenoxy) is 1. The minimum atomic E-state index is -0.874. The lowest BCUT2D eigenvalue weighted by molar-refractivity contribution is -0.132. The molecule has 1 N–H and O–H groups in total. The molecule has 1 saturated heterocycles. The van der Waals surface area contributed by atoms with E-state index in [0.717, 1.165) is 0 Å². The number of aliphatic hydroxyl groups excluding tert-OH is 1. The molecule has 1 aliphatic heterocycles. The summed E-state index contributed by atoms with van der Waals surface area (Å²) in [5.41, 5.74) is 0.947. The summed E-state index contributed by atoms with van der Waals surface area (Å²) in [4.78, 5) is 31.5. The Hall–Kier alpha value is -3.64. The second-order valence-corrected chi connectivity index (χ2v) is 7.08. The number of Topliss-reactive ketones (excluding diaryl/α,β-unsaturated/α-hetero) is 1. The van der Waals surface area contributed by atoms with Crippen molar-refractivity contribution in [2.24, 2.45) is 0 Å². The molecule has 4 rings (SSSR count). The molecule has 1 amide bonds. The predicted molar refractivity (Wildman–Crippen MR) is 113 cm³/mol. The van der Waals surface area contributed by atoms with Crippen molar-refractivity contribution in [3.8, 4) is 5.75 Å². The number of pyridine rings is 1. The first kappa shape index (κ1) is 19.7. The van der Waals surface area contributed by atoms with Gasteiger partial charge in [-0.3, -0.25) is 14.5 Å². The van der Waals surface area contributed by atoms with Gasteiger partial charge >= 0.3 is 5.91 Å². The van der Waals surface area contributed by atoms with Crippen LogP contribution in [0.25, 0.3) is 5.76 Å². The highest BCUT2D eigenvalue weighted by Crippen LogP contribution is 2.42. The van der Waals surface area contributed by atoms with E-state index in [0.29, 0.717) is 27.7 Å². The maximum atomic E-state index is 13.0. The molecule has 1 aliphatic rings. The van der Waals surface area contributed by atoms with Gasteiger partial charge in [0.05, 0.1) is 18.7 Å². The molecule has 7 heteroatoms. The Labute approximate surface area is 178 Å². The average molecular weight is 421 g/mol. The van der Waals surface area contributed by atoms with Gasteiger partial charge in [0.25, 0.3) is 5.78 Å². The lowest BCUT2D eigenvalue weighted by atomic mass is 9.95. The monoisotopic (exact) mass is 420 g/mol. The van der Waals surface area contributed by atoms with Crippen molar-refractivity contribution < 1.29 is 19.4 Å². The highest BCUT2D eigenvalue weighted by Gasteiger charge is 2.47. The Morgan fingerprint density at radius 1 is 1.07 bits per heavy atom. The summed E-state index contributed by atoms with van der Waals surface area (Å²) in [6.07, 6.45) is 1.53. The maximum absolute atomic E-state index is 13.0. The summed E-state index contributed by atoms with van der Waals surface area (Å²) in [6.45, 7) is 0. The van der Waals surface area contributed by atoms with Crippen molar-refractivity contribution in [3.05, 3.63) is 94.6 Å². The van der Waals surface area contributed by atoms with E-state index in [4.69, 9.17) is 16.3 Å². The molecule has 0 radical (unpaired) electrons. The van der Waals surface area contributed by atoms with Crippen LogP contribution in [0.5, 0.6) is 5.75 Å². The number of hydrogen-bond donors (Lipinski definition) is 1. The van der Waals surface area contributed by atoms with Crippen molar-refractivity contribution in [2.45, 2.75) is 6.04 Å². The Balaban J connectivity index is 1.93. The van der Waals surface area contributed by atoms with E-state index in [1.807, 2.05) is 0 Å². The van der Waals surface area contributed by atoms with Crippen LogP contribution in [0.3, 0.4) is 0 Å². The van der Waals surface area contributed by atoms with E-state index in [1.165, 1.54) is 18.2 Å². The lowest BCUT2D eigenvalue weighted by Crippen LogP contribution is -2.30. The third kappa shape index (κ3) is 3.42. The Kier molecular flexibility index (Phi) is 5.25. The van der Waals surface area contributed by atoms with Crippen molar-refractivity contribution >= 4 is 34.9 Å². The minimum absolute atomic E-state index is 0.0295. The standard InChI is InChI=1S/C23H17ClN2O4/c1-30-17-10-8-14(9-11-17)21(27)19-20(15-5-4-6-16(24)13-15)26(23(29)22(19)28)18-7-2-3-12-25-18/h2-13,20,27H,1H3. The summed E-state index contributed by atoms with van der Waals surface area (Å²) in [7, 11) is 1.53. The Morgan fingerprint density at radius 3 is 2.47 bits per heavy atom. The Bertz CT molecular complexity index is 1140. The molecule has 3 aromatic rings. The van der Waals surface area contributed by atoms with Crippen LogP contribution in [0.15, 0.2) is 78.5 Å². The fourth-order valence-electron chi connectivity index (χ4n) is 3.46. The molecule has 1 aromatic heterocycles. The normalized spacial score (nSPS) is 17.9. The van der Waals surface area contributed by atoms with E-state index >= 15 is 0 Å². The van der Waals surface area contributed by atoms with Gasteiger partial charge in [0.2, 0.25) is 0 Å². The van der Waals surface area contributed by atoms with Crippen LogP contribution in [0.1, 0.15) is 17.2 Å². The van der Waals surface area contributed by atoms with E-state index < -0.39 is 17.7 Å². The van der Waals surface area contributed by atoms with Gasteiger partial charge in [0.1, 0.15) is 17.3 Å². The van der Waals surface area contributed by atoms with Crippen molar-refractivity contribution in [1.29, 1.82) is 0 Å². The number of ketones is 1. The SMILES string of the molecule is COc1ccc(C(O)=C2C(=O)C(=O)N(c3ccccn3)C2c2cccc(Cl)c2)cc1. The molecule has 0 spiro atoms. The number of halogens is 1. The molecule has 0 saturated carbocycles. The molecule has 150 valence electrons. The molecular weight excluding hydrogens is 404 g/mol. The first-order valence-corrected chi connectivity index (χ1v) is 9.51. The van der Waals surface area contributed by atoms with E-state index in [1.54, 1.807) is 66.7 Å². The largest absolute Gasteiger partial charge is 0.507 e. The number of carbonyl (C=O) groups excluding carboxylic acids is 2. The summed E-state index contributed by atoms with van der Waals surface area (Å²) < 4.78 is 5.14. The first-order valence-electron chi connectivity index (χ1n) is 9.13. The number of rotatable bonds is 4. The minimum Gasteiger partial charge on any atom is -0.507 e. The molecular formula is C23H17ClN2O4. The molecule has 30 heavy (non-hydrogen) atoms. The number of anilines is 1. The summed E-state index contributed by atoms with van der Waals surface area (Å²) in [5, 5.41) is 11.5. The lowest BCUT2D eigenvalue weighted by Gasteiger charge is -2.24. The number of hydrogen-bond acceptors (Lipinski definition) is 5. The zero-order chi connectivity index (χ0) is 21.3. The number of aromatic nitrogens is 1. The second kappa shape index (κ2) is 8.00. The van der Waals surface area contributed by atoms with Crippen LogP contribution >= 0.6 is 11.6 Å². The molecule has 6 nitrogen and oxygen atoms in total. The number of benzene rings is 2. The summed E-state index contributed by atoms with van der Waals surface area (Å²) in [6, 6.07) is 17.6. The molecule has 2 heterocycles. The highest BCUT2D eigenvalue weighted by atomic mass is 35.5. The van der Waals surface area contributed by atoms with E-state index in [2.05, 4.69) is 4.98 Å². The first-order chi connectivity index (χ1) is 14.5. The van der Waals surface area contributed by atoms with Crippen LogP contribution in [0.4, 0.5) is 5.82 Å². The molecule has 1 fully saturated rings. The zero-order valence-electron chi connectivity index (χ0n) is 15.9. The van der Waals surface area contributed by atoms with Gasteiger partial charge in [-0.15, -0.1) is 0 Å². The molecule has 1 atom stereocenters. The topological polar surface area (TPSA) is 79.7 Å². The van der Waals surface area contributed by atoms with Crippen LogP contribution < -0.4 is 9.64 Å². The fraction of sp³-hybridized carbons (Fsp3) is 0.0870. The predicted octanol–water partition coefficient (Wildman–Crippen LogP) is 4.37. The second-order valence-electron chi connectivity index (χ2n) is 6.64. The highest BCUT2D eigenvalue weighted by molar-refractivity contribution is 6.51. The van der Waals surface area contributed by atoms with Gasteiger partial charge in [-0.25, -0.2) is 4.98 Å². The van der Waals surface area contributed by atoms with Crippen molar-refractivity contribution in [2.75, 3.05) is 12.0 Å². The number of methoxy groups -OCH3 is 1.